The Hall–Kier alpha value is -0.670. The number of phosphoric acid groups is 1. The van der Waals surface area contributed by atoms with Crippen LogP contribution < -0.4 is 0 Å². The summed E-state index contributed by atoms with van der Waals surface area (Å²) < 4.78 is 28.2. The van der Waals surface area contributed by atoms with Gasteiger partial charge in [0.25, 0.3) is 0 Å². The van der Waals surface area contributed by atoms with Crippen molar-refractivity contribution in [1.29, 1.82) is 0 Å². The van der Waals surface area contributed by atoms with Crippen molar-refractivity contribution < 1.29 is 18.1 Å². The van der Waals surface area contributed by atoms with Crippen molar-refractivity contribution in [2.45, 2.75) is 91.9 Å². The smallest absolute Gasteiger partial charge is 0.287 e. The number of rotatable bonds is 17. The zero-order valence-electron chi connectivity index (χ0n) is 18.5. The molecule has 0 aliphatic rings. The Labute approximate surface area is 173 Å². The molecule has 0 spiro atoms. The zero-order valence-corrected chi connectivity index (χ0v) is 19.4. The molecule has 0 fully saturated rings. The van der Waals surface area contributed by atoms with Crippen LogP contribution in [0.25, 0.3) is 0 Å². The summed E-state index contributed by atoms with van der Waals surface area (Å²) in [6.45, 7) is 9.09. The van der Waals surface area contributed by atoms with Crippen LogP contribution in [0, 0.1) is 0 Å². The van der Waals surface area contributed by atoms with Gasteiger partial charge in [-0.1, -0.05) is 57.7 Å². The van der Waals surface area contributed by atoms with Gasteiger partial charge in [0.2, 0.25) is 0 Å². The number of hydrogen-bond acceptors (Lipinski definition) is 4. The van der Waals surface area contributed by atoms with Gasteiger partial charge >= 0.3 is 7.82 Å². The maximum Gasteiger partial charge on any atom is 0.474 e. The summed E-state index contributed by atoms with van der Waals surface area (Å²) in [5.74, 6) is 0. The molecule has 4 nitrogen and oxygen atoms in total. The molecule has 0 amide bonds. The lowest BCUT2D eigenvalue weighted by molar-refractivity contribution is 0.120. The van der Waals surface area contributed by atoms with E-state index >= 15 is 0 Å². The first-order valence-electron chi connectivity index (χ1n) is 11.2. The average molecular weight is 413 g/mol. The highest BCUT2D eigenvalue weighted by Gasteiger charge is 2.24. The van der Waals surface area contributed by atoms with E-state index in [1.54, 1.807) is 13.8 Å². The standard InChI is InChI=1S/C23H41O4P/c1-5-9-11-14-21-18-22(15-12-10-6-2)20-23(19-21)16-13-17-27-28(24,25-7-3)26-8-4/h18-20H,5-17H2,1-4H3. The van der Waals surface area contributed by atoms with Gasteiger partial charge in [0, 0.05) is 0 Å². The van der Waals surface area contributed by atoms with Crippen molar-refractivity contribution in [3.63, 3.8) is 0 Å². The molecule has 162 valence electrons. The fourth-order valence-electron chi connectivity index (χ4n) is 3.31. The minimum Gasteiger partial charge on any atom is -0.287 e. The lowest BCUT2D eigenvalue weighted by atomic mass is 9.96. The summed E-state index contributed by atoms with van der Waals surface area (Å²) in [6, 6.07) is 7.07. The van der Waals surface area contributed by atoms with E-state index in [-0.39, 0.29) is 0 Å². The van der Waals surface area contributed by atoms with Gasteiger partial charge in [0.15, 0.2) is 0 Å². The topological polar surface area (TPSA) is 44.8 Å². The Kier molecular flexibility index (Phi) is 13.8. The summed E-state index contributed by atoms with van der Waals surface area (Å²) in [5.41, 5.74) is 4.26. The van der Waals surface area contributed by atoms with E-state index in [9.17, 15) is 4.57 Å². The molecular formula is C23H41O4P. The minimum atomic E-state index is -3.40. The van der Waals surface area contributed by atoms with Gasteiger partial charge in [-0.3, -0.25) is 13.6 Å². The largest absolute Gasteiger partial charge is 0.474 e. The molecule has 0 aliphatic carbocycles. The first-order valence-corrected chi connectivity index (χ1v) is 12.7. The van der Waals surface area contributed by atoms with E-state index in [1.165, 1.54) is 55.2 Å². The molecule has 5 heteroatoms. The lowest BCUT2D eigenvalue weighted by Gasteiger charge is -2.16. The average Bonchev–Trinajstić information content (AvgIpc) is 2.66. The molecule has 1 aromatic rings. The maximum absolute atomic E-state index is 12.4. The minimum absolute atomic E-state index is 0.318. The summed E-state index contributed by atoms with van der Waals surface area (Å²) in [7, 11) is -3.40. The molecule has 0 unspecified atom stereocenters. The van der Waals surface area contributed by atoms with Crippen molar-refractivity contribution in [1.82, 2.24) is 0 Å². The van der Waals surface area contributed by atoms with Crippen LogP contribution in [-0.2, 0) is 37.4 Å². The van der Waals surface area contributed by atoms with Crippen molar-refractivity contribution >= 4 is 7.82 Å². The Morgan fingerprint density at radius 3 is 1.46 bits per heavy atom. The summed E-state index contributed by atoms with van der Waals surface area (Å²) in [5, 5.41) is 0. The van der Waals surface area contributed by atoms with Crippen LogP contribution >= 0.6 is 7.82 Å². The van der Waals surface area contributed by atoms with Crippen LogP contribution in [0.5, 0.6) is 0 Å². The highest BCUT2D eigenvalue weighted by atomic mass is 31.2. The highest BCUT2D eigenvalue weighted by molar-refractivity contribution is 7.48. The SMILES string of the molecule is CCCCCc1cc(CCCCC)cc(CCCOP(=O)(OCC)OCC)c1. The van der Waals surface area contributed by atoms with Gasteiger partial charge in [-0.05, 0) is 69.1 Å². The van der Waals surface area contributed by atoms with Gasteiger partial charge in [0.05, 0.1) is 19.8 Å². The van der Waals surface area contributed by atoms with Crippen LogP contribution in [0.1, 0.15) is 89.3 Å². The van der Waals surface area contributed by atoms with E-state index in [4.69, 9.17) is 13.6 Å². The van der Waals surface area contributed by atoms with Crippen molar-refractivity contribution in [3.8, 4) is 0 Å². The Bertz CT molecular complexity index is 535. The van der Waals surface area contributed by atoms with Gasteiger partial charge < -0.3 is 0 Å². The molecular weight excluding hydrogens is 371 g/mol. The molecule has 0 heterocycles. The van der Waals surface area contributed by atoms with Crippen LogP contribution in [0.15, 0.2) is 18.2 Å². The van der Waals surface area contributed by atoms with Gasteiger partial charge in [-0.2, -0.15) is 0 Å². The molecule has 0 aromatic heterocycles. The number of hydrogen-bond donors (Lipinski definition) is 0. The molecule has 0 N–H and O–H groups in total. The molecule has 0 saturated heterocycles. The third-order valence-electron chi connectivity index (χ3n) is 4.68. The highest BCUT2D eigenvalue weighted by Crippen LogP contribution is 2.49. The quantitative estimate of drug-likeness (QED) is 0.199. The monoisotopic (exact) mass is 412 g/mol. The van der Waals surface area contributed by atoms with Crippen LogP contribution in [0.3, 0.4) is 0 Å². The van der Waals surface area contributed by atoms with Gasteiger partial charge in [0.1, 0.15) is 0 Å². The van der Waals surface area contributed by atoms with E-state index in [2.05, 4.69) is 32.0 Å². The summed E-state index contributed by atoms with van der Waals surface area (Å²) in [4.78, 5) is 0. The lowest BCUT2D eigenvalue weighted by Crippen LogP contribution is -2.03. The van der Waals surface area contributed by atoms with Crippen LogP contribution in [-0.4, -0.2) is 19.8 Å². The third kappa shape index (κ3) is 10.8. The van der Waals surface area contributed by atoms with Crippen LogP contribution in [0.4, 0.5) is 0 Å². The van der Waals surface area contributed by atoms with Crippen molar-refractivity contribution in [2.75, 3.05) is 19.8 Å². The van der Waals surface area contributed by atoms with E-state index in [1.807, 2.05) is 0 Å². The van der Waals surface area contributed by atoms with E-state index in [0.29, 0.717) is 19.8 Å². The first-order chi connectivity index (χ1) is 13.6. The Morgan fingerprint density at radius 1 is 0.643 bits per heavy atom. The number of benzene rings is 1. The number of aryl methyl sites for hydroxylation is 3. The Morgan fingerprint density at radius 2 is 1.07 bits per heavy atom. The second-order valence-electron chi connectivity index (χ2n) is 7.29. The second-order valence-corrected chi connectivity index (χ2v) is 8.96. The molecule has 0 radical (unpaired) electrons. The zero-order chi connectivity index (χ0) is 20.7. The predicted octanol–water partition coefficient (Wildman–Crippen LogP) is 7.28. The van der Waals surface area contributed by atoms with Crippen molar-refractivity contribution in [2.24, 2.45) is 0 Å². The van der Waals surface area contributed by atoms with Gasteiger partial charge in [-0.15, -0.1) is 0 Å². The van der Waals surface area contributed by atoms with Crippen molar-refractivity contribution in [3.05, 3.63) is 34.9 Å². The van der Waals surface area contributed by atoms with Crippen LogP contribution in [0.2, 0.25) is 0 Å². The molecule has 0 aliphatic heterocycles. The molecule has 1 aromatic carbocycles. The maximum atomic E-state index is 12.4. The molecule has 0 bridgehead atoms. The third-order valence-corrected chi connectivity index (χ3v) is 6.33. The summed E-state index contributed by atoms with van der Waals surface area (Å²) in [6.07, 6.45) is 11.6. The molecule has 0 atom stereocenters. The second kappa shape index (κ2) is 15.2. The van der Waals surface area contributed by atoms with E-state index < -0.39 is 7.82 Å². The Balaban J connectivity index is 2.64. The van der Waals surface area contributed by atoms with E-state index in [0.717, 1.165) is 25.7 Å². The van der Waals surface area contributed by atoms with Gasteiger partial charge in [-0.25, -0.2) is 4.57 Å². The first kappa shape index (κ1) is 25.4. The normalized spacial score (nSPS) is 11.9. The predicted molar refractivity (Wildman–Crippen MR) is 118 cm³/mol. The molecule has 1 rings (SSSR count). The fraction of sp³-hybridized carbons (Fsp3) is 0.739. The molecule has 28 heavy (non-hydrogen) atoms. The fourth-order valence-corrected chi connectivity index (χ4v) is 4.52. The molecule has 0 saturated carbocycles. The number of unbranched alkanes of at least 4 members (excludes halogenated alkanes) is 4. The number of phosphoric ester groups is 1. The summed E-state index contributed by atoms with van der Waals surface area (Å²) >= 11 is 0.